The second kappa shape index (κ2) is 6.93. The van der Waals surface area contributed by atoms with Crippen molar-refractivity contribution in [1.82, 2.24) is 9.80 Å². The van der Waals surface area contributed by atoms with E-state index in [1.165, 1.54) is 19.4 Å². The summed E-state index contributed by atoms with van der Waals surface area (Å²) < 4.78 is 32.7. The van der Waals surface area contributed by atoms with E-state index in [9.17, 15) is 0 Å². The molecule has 1 atom stereocenters. The number of hydrogen-bond donors (Lipinski definition) is 1. The zero-order chi connectivity index (χ0) is 12.8. The van der Waals surface area contributed by atoms with E-state index in [-0.39, 0.29) is 0 Å². The summed E-state index contributed by atoms with van der Waals surface area (Å²) in [6.07, 6.45) is 7.45. The van der Waals surface area contributed by atoms with Crippen LogP contribution in [0.1, 0.15) is 26.7 Å². The van der Waals surface area contributed by atoms with Crippen LogP contribution in [0.4, 0.5) is 0 Å². The molecule has 96 valence electrons. The lowest BCUT2D eigenvalue weighted by Crippen LogP contribution is -2.58. The Morgan fingerprint density at radius 3 is 2.12 bits per heavy atom. The molecule has 6 nitrogen and oxygen atoms in total. The fourth-order valence-electron chi connectivity index (χ4n) is 1.28. The van der Waals surface area contributed by atoms with Gasteiger partial charge in [-0.2, -0.15) is 14.0 Å². The monoisotopic (exact) mass is 254 g/mol. The fraction of sp³-hybridized carbons (Fsp3) is 0.778. The molecule has 1 unspecified atom stereocenters. The van der Waals surface area contributed by atoms with Crippen LogP contribution in [0.3, 0.4) is 0 Å². The smallest absolute Gasteiger partial charge is 0.0974 e. The van der Waals surface area contributed by atoms with Crippen LogP contribution in [0.5, 0.6) is 0 Å². The van der Waals surface area contributed by atoms with E-state index in [1.54, 1.807) is 0 Å². The standard InChI is InChI=1S/C9H18N2.ClHO4/c1-4-5-6-11-8-7-10(3)9(11)2;2-1(3,4)5/h7-9H,4-6H2,1-3H3;(H,2,3,4,5). The van der Waals surface area contributed by atoms with Crippen molar-refractivity contribution in [2.75, 3.05) is 13.6 Å². The molecule has 0 bridgehead atoms. The Morgan fingerprint density at radius 2 is 1.81 bits per heavy atom. The Hall–Kier alpha value is -0.530. The molecule has 7 heteroatoms. The van der Waals surface area contributed by atoms with Crippen molar-refractivity contribution in [1.29, 1.82) is 0 Å². The highest BCUT2D eigenvalue weighted by atomic mass is 35.7. The summed E-state index contributed by atoms with van der Waals surface area (Å²) in [4.78, 5) is 4.61. The summed E-state index contributed by atoms with van der Waals surface area (Å²) >= 11 is 0. The van der Waals surface area contributed by atoms with E-state index in [1.807, 2.05) is 0 Å². The quantitative estimate of drug-likeness (QED) is 0.610. The van der Waals surface area contributed by atoms with Gasteiger partial charge in [0, 0.05) is 26.0 Å². The van der Waals surface area contributed by atoms with Crippen LogP contribution in [-0.2, 0) is 0 Å². The third-order valence-corrected chi connectivity index (χ3v) is 2.33. The summed E-state index contributed by atoms with van der Waals surface area (Å²) in [7, 11) is -2.58. The molecule has 0 saturated carbocycles. The van der Waals surface area contributed by atoms with Crippen molar-refractivity contribution in [3.63, 3.8) is 0 Å². The lowest BCUT2D eigenvalue weighted by Gasteiger charge is -2.26. The molecule has 16 heavy (non-hydrogen) atoms. The highest BCUT2D eigenvalue weighted by Gasteiger charge is 2.16. The lowest BCUT2D eigenvalue weighted by molar-refractivity contribution is -1.92. The summed E-state index contributed by atoms with van der Waals surface area (Å²) in [6.45, 7) is 5.66. The Kier molecular flexibility index (Phi) is 6.70. The molecule has 0 aromatic rings. The van der Waals surface area contributed by atoms with Gasteiger partial charge >= 0.3 is 0 Å². The summed E-state index contributed by atoms with van der Waals surface area (Å²) in [5.41, 5.74) is 0. The summed E-state index contributed by atoms with van der Waals surface area (Å²) in [6, 6.07) is 0. The molecule has 0 radical (unpaired) electrons. The lowest BCUT2D eigenvalue weighted by atomic mass is 10.3. The largest absolute Gasteiger partial charge is 0.359 e. The average Bonchev–Trinajstić information content (AvgIpc) is 2.42. The Labute approximate surface area is 98.1 Å². The van der Waals surface area contributed by atoms with E-state index in [2.05, 4.69) is 43.1 Å². The van der Waals surface area contributed by atoms with Crippen LogP contribution < -0.4 is 14.0 Å². The van der Waals surface area contributed by atoms with Gasteiger partial charge in [0.25, 0.3) is 0 Å². The molecule has 0 fully saturated rings. The van der Waals surface area contributed by atoms with Gasteiger partial charge in [0.1, 0.15) is 0 Å². The minimum Gasteiger partial charge on any atom is -0.359 e. The first-order chi connectivity index (χ1) is 7.25. The highest BCUT2D eigenvalue weighted by Crippen LogP contribution is 2.13. The van der Waals surface area contributed by atoms with Gasteiger partial charge < -0.3 is 9.80 Å². The highest BCUT2D eigenvalue weighted by molar-refractivity contribution is 4.93. The molecular weight excluding hydrogens is 236 g/mol. The van der Waals surface area contributed by atoms with Crippen LogP contribution in [-0.4, -0.2) is 34.2 Å². The molecule has 1 N–H and O–H groups in total. The van der Waals surface area contributed by atoms with Gasteiger partial charge in [-0.1, -0.05) is 13.3 Å². The predicted molar refractivity (Wildman–Crippen MR) is 50.2 cm³/mol. The number of rotatable bonds is 3. The van der Waals surface area contributed by atoms with Gasteiger partial charge in [0.15, 0.2) is 0 Å². The van der Waals surface area contributed by atoms with Crippen LogP contribution >= 0.6 is 0 Å². The Balaban J connectivity index is 0.000000385. The van der Waals surface area contributed by atoms with E-state index < -0.39 is 10.2 Å². The molecule has 0 saturated heterocycles. The number of halogens is 1. The molecule has 0 aromatic heterocycles. The van der Waals surface area contributed by atoms with Crippen molar-refractivity contribution in [3.8, 4) is 0 Å². The minimum atomic E-state index is -4.69. The SMILES string of the molecule is CCCCN1C=CN(C)C1C.[O-][Cl+3]([O-])([O-])O. The molecule has 1 aliphatic heterocycles. The number of hydrogen-bond acceptors (Lipinski definition) is 6. The van der Waals surface area contributed by atoms with Gasteiger partial charge in [0.05, 0.1) is 21.1 Å². The first kappa shape index (κ1) is 15.5. The molecule has 0 aliphatic carbocycles. The van der Waals surface area contributed by atoms with Gasteiger partial charge in [-0.05, 0) is 13.3 Å². The fourth-order valence-corrected chi connectivity index (χ4v) is 1.28. The zero-order valence-electron chi connectivity index (χ0n) is 9.80. The maximum absolute atomic E-state index is 8.60. The number of unbranched alkanes of at least 4 members (excludes halogenated alkanes) is 1. The van der Waals surface area contributed by atoms with Crippen molar-refractivity contribution in [2.24, 2.45) is 0 Å². The van der Waals surface area contributed by atoms with E-state index in [4.69, 9.17) is 18.6 Å². The van der Waals surface area contributed by atoms with Crippen LogP contribution in [0.2, 0.25) is 0 Å². The maximum atomic E-state index is 8.60. The third-order valence-electron chi connectivity index (χ3n) is 2.33. The molecule has 0 amide bonds. The first-order valence-electron chi connectivity index (χ1n) is 5.05. The topological polar surface area (TPSA) is 95.9 Å². The van der Waals surface area contributed by atoms with Gasteiger partial charge in [-0.25, -0.2) is 0 Å². The first-order valence-corrected chi connectivity index (χ1v) is 6.31. The molecule has 1 rings (SSSR count). The summed E-state index contributed by atoms with van der Waals surface area (Å²) in [5, 5.41) is 0. The van der Waals surface area contributed by atoms with E-state index in [0.717, 1.165) is 0 Å². The zero-order valence-corrected chi connectivity index (χ0v) is 10.6. The summed E-state index contributed by atoms with van der Waals surface area (Å²) in [5.74, 6) is 0. The van der Waals surface area contributed by atoms with Crippen LogP contribution in [0.15, 0.2) is 12.4 Å². The third kappa shape index (κ3) is 7.72. The van der Waals surface area contributed by atoms with Gasteiger partial charge in [-0.3, -0.25) is 0 Å². The Morgan fingerprint density at radius 1 is 1.31 bits per heavy atom. The molecular formula is C9H19ClN2O4. The van der Waals surface area contributed by atoms with E-state index in [0.29, 0.717) is 6.17 Å². The molecule has 1 heterocycles. The minimum absolute atomic E-state index is 0.557. The predicted octanol–water partition coefficient (Wildman–Crippen LogP) is -2.27. The molecule has 0 spiro atoms. The van der Waals surface area contributed by atoms with Gasteiger partial charge in [-0.15, -0.1) is 0 Å². The van der Waals surface area contributed by atoms with Crippen molar-refractivity contribution >= 4 is 0 Å². The Bertz CT molecular complexity index is 214. The van der Waals surface area contributed by atoms with Gasteiger partial charge in [0.2, 0.25) is 0 Å². The van der Waals surface area contributed by atoms with Crippen molar-refractivity contribution in [3.05, 3.63) is 12.4 Å². The van der Waals surface area contributed by atoms with Crippen LogP contribution in [0, 0.1) is 10.2 Å². The molecule has 0 aromatic carbocycles. The maximum Gasteiger partial charge on any atom is 0.0974 e. The average molecular weight is 255 g/mol. The second-order valence-corrected chi connectivity index (χ2v) is 4.37. The number of nitrogens with zero attached hydrogens (tertiary/aromatic N) is 2. The van der Waals surface area contributed by atoms with Crippen molar-refractivity contribution < 1.29 is 28.9 Å². The normalized spacial score (nSPS) is 19.8. The molecule has 1 aliphatic rings. The van der Waals surface area contributed by atoms with Crippen molar-refractivity contribution in [2.45, 2.75) is 32.9 Å². The second-order valence-electron chi connectivity index (χ2n) is 3.58. The van der Waals surface area contributed by atoms with E-state index >= 15 is 0 Å². The van der Waals surface area contributed by atoms with Crippen LogP contribution in [0.25, 0.3) is 0 Å².